The van der Waals surface area contributed by atoms with Gasteiger partial charge in [-0.3, -0.25) is 0 Å². The SMILES string of the molecule is CCC1CCCN1c1ccc2c(=C3SC=CS3)c3ccccc3c(=C3SC=CS3)c2c1. The summed E-state index contributed by atoms with van der Waals surface area (Å²) in [6, 6.07) is 16.9. The van der Waals surface area contributed by atoms with Crippen LogP contribution in [0, 0.1) is 0 Å². The maximum atomic E-state index is 2.64. The number of hydrogen-bond donors (Lipinski definition) is 0. The highest BCUT2D eigenvalue weighted by atomic mass is 32.2. The molecule has 0 amide bonds. The number of hydrogen-bond acceptors (Lipinski definition) is 5. The molecule has 0 N–H and O–H groups in total. The van der Waals surface area contributed by atoms with E-state index >= 15 is 0 Å². The second kappa shape index (κ2) is 8.51. The fourth-order valence-electron chi connectivity index (χ4n) is 5.03. The van der Waals surface area contributed by atoms with Crippen LogP contribution in [0.25, 0.3) is 30.0 Å². The molecule has 1 atom stereocenters. The number of benzene rings is 3. The standard InChI is InChI=1S/C26H23NS4/c1-2-17-6-5-11-27(17)18-9-10-21-22(16-18)24(26-30-14-15-31-26)20-8-4-3-7-19(20)23(21)25-28-12-13-29-25/h3-4,7-10,12-17H,2,5-6,11H2,1H3. The van der Waals surface area contributed by atoms with Crippen molar-refractivity contribution in [3.05, 3.63) is 74.5 Å². The average Bonchev–Trinajstić information content (AvgIpc) is 3.59. The van der Waals surface area contributed by atoms with Crippen LogP contribution >= 0.6 is 47.0 Å². The van der Waals surface area contributed by atoms with Crippen LogP contribution in [0.2, 0.25) is 0 Å². The van der Waals surface area contributed by atoms with Gasteiger partial charge in [0, 0.05) is 28.7 Å². The van der Waals surface area contributed by atoms with Crippen LogP contribution in [0.1, 0.15) is 26.2 Å². The second-order valence-electron chi connectivity index (χ2n) is 8.01. The van der Waals surface area contributed by atoms with Crippen LogP contribution in [0.3, 0.4) is 0 Å². The van der Waals surface area contributed by atoms with E-state index in [0.717, 1.165) is 0 Å². The molecular formula is C26H23NS4. The maximum Gasteiger partial charge on any atom is 0.0571 e. The number of thioether (sulfide) groups is 4. The van der Waals surface area contributed by atoms with E-state index in [2.05, 4.69) is 75.9 Å². The molecule has 0 spiro atoms. The second-order valence-corrected chi connectivity index (χ2v) is 12.2. The summed E-state index contributed by atoms with van der Waals surface area (Å²) in [5.41, 5.74) is 1.38. The average molecular weight is 478 g/mol. The van der Waals surface area contributed by atoms with Gasteiger partial charge in [-0.15, -0.1) is 0 Å². The first-order chi connectivity index (χ1) is 15.3. The summed E-state index contributed by atoms with van der Waals surface area (Å²) < 4.78 is 2.79. The molecule has 1 nitrogen and oxygen atoms in total. The lowest BCUT2D eigenvalue weighted by Gasteiger charge is -2.26. The summed E-state index contributed by atoms with van der Waals surface area (Å²) in [6.45, 7) is 3.50. The van der Waals surface area contributed by atoms with E-state index in [1.54, 1.807) is 0 Å². The first kappa shape index (κ1) is 20.2. The zero-order valence-electron chi connectivity index (χ0n) is 17.3. The van der Waals surface area contributed by atoms with Gasteiger partial charge in [-0.1, -0.05) is 84.3 Å². The zero-order valence-corrected chi connectivity index (χ0v) is 20.6. The molecule has 6 rings (SSSR count). The molecule has 0 aliphatic carbocycles. The van der Waals surface area contributed by atoms with E-state index in [1.165, 1.54) is 72.0 Å². The molecule has 31 heavy (non-hydrogen) atoms. The minimum atomic E-state index is 0.671. The van der Waals surface area contributed by atoms with Crippen molar-refractivity contribution >= 4 is 82.8 Å². The third-order valence-corrected chi connectivity index (χ3v) is 10.7. The summed E-state index contributed by atoms with van der Waals surface area (Å²) in [5, 5.41) is 17.2. The van der Waals surface area contributed by atoms with Crippen LogP contribution in [0.4, 0.5) is 5.69 Å². The Hall–Kier alpha value is -1.40. The van der Waals surface area contributed by atoms with Gasteiger partial charge in [0.1, 0.15) is 0 Å². The lowest BCUT2D eigenvalue weighted by atomic mass is 9.98. The van der Waals surface area contributed by atoms with E-state index in [4.69, 9.17) is 0 Å². The molecule has 3 aromatic rings. The molecule has 0 bridgehead atoms. The molecule has 1 saturated heterocycles. The smallest absolute Gasteiger partial charge is 0.0571 e. The molecule has 3 heterocycles. The van der Waals surface area contributed by atoms with Crippen molar-refractivity contribution < 1.29 is 0 Å². The quantitative estimate of drug-likeness (QED) is 0.353. The molecule has 5 heteroatoms. The first-order valence-electron chi connectivity index (χ1n) is 10.8. The van der Waals surface area contributed by atoms with Gasteiger partial charge in [-0.2, -0.15) is 0 Å². The van der Waals surface area contributed by atoms with E-state index in [9.17, 15) is 0 Å². The predicted octanol–water partition coefficient (Wildman–Crippen LogP) is 7.41. The van der Waals surface area contributed by atoms with Gasteiger partial charge in [-0.05, 0) is 74.6 Å². The molecular weight excluding hydrogens is 455 g/mol. The lowest BCUT2D eigenvalue weighted by molar-refractivity contribution is 0.646. The van der Waals surface area contributed by atoms with Crippen molar-refractivity contribution in [1.82, 2.24) is 0 Å². The van der Waals surface area contributed by atoms with Crippen LogP contribution in [-0.2, 0) is 0 Å². The van der Waals surface area contributed by atoms with Gasteiger partial charge in [0.25, 0.3) is 0 Å². The minimum absolute atomic E-state index is 0.671. The summed E-state index contributed by atoms with van der Waals surface area (Å²) in [7, 11) is 0. The molecule has 3 aromatic carbocycles. The van der Waals surface area contributed by atoms with Gasteiger partial charge in [-0.25, -0.2) is 0 Å². The van der Waals surface area contributed by atoms with Gasteiger partial charge >= 0.3 is 0 Å². The molecule has 1 fully saturated rings. The minimum Gasteiger partial charge on any atom is -0.369 e. The normalized spacial score (nSPS) is 20.8. The maximum absolute atomic E-state index is 2.64. The van der Waals surface area contributed by atoms with Crippen LogP contribution < -0.4 is 15.3 Å². The topological polar surface area (TPSA) is 3.24 Å². The van der Waals surface area contributed by atoms with Gasteiger partial charge in [0.05, 0.1) is 8.47 Å². The number of rotatable bonds is 2. The third kappa shape index (κ3) is 3.45. The zero-order chi connectivity index (χ0) is 20.8. The Balaban J connectivity index is 1.75. The Labute approximate surface area is 200 Å². The Bertz CT molecular complexity index is 1350. The molecule has 0 saturated carbocycles. The Morgan fingerprint density at radius 2 is 1.35 bits per heavy atom. The van der Waals surface area contributed by atoms with Crippen molar-refractivity contribution in [2.24, 2.45) is 0 Å². The van der Waals surface area contributed by atoms with Crippen molar-refractivity contribution in [3.63, 3.8) is 0 Å². The van der Waals surface area contributed by atoms with Crippen LogP contribution in [-0.4, -0.2) is 12.6 Å². The van der Waals surface area contributed by atoms with E-state index < -0.39 is 0 Å². The molecule has 1 unspecified atom stereocenters. The van der Waals surface area contributed by atoms with Crippen molar-refractivity contribution in [1.29, 1.82) is 0 Å². The fraction of sp³-hybridized carbons (Fsp3) is 0.231. The van der Waals surface area contributed by atoms with Crippen molar-refractivity contribution in [2.75, 3.05) is 11.4 Å². The molecule has 0 radical (unpaired) electrons. The highest BCUT2D eigenvalue weighted by molar-refractivity contribution is 8.35. The van der Waals surface area contributed by atoms with Gasteiger partial charge in [0.15, 0.2) is 0 Å². The third-order valence-electron chi connectivity index (χ3n) is 6.41. The van der Waals surface area contributed by atoms with Gasteiger partial charge in [0.2, 0.25) is 0 Å². The summed E-state index contributed by atoms with van der Waals surface area (Å²) >= 11 is 7.44. The summed E-state index contributed by atoms with van der Waals surface area (Å²) in [6.07, 6.45) is 3.84. The number of anilines is 1. The van der Waals surface area contributed by atoms with Crippen LogP contribution in [0.5, 0.6) is 0 Å². The molecule has 3 aliphatic heterocycles. The van der Waals surface area contributed by atoms with E-state index in [-0.39, 0.29) is 0 Å². The largest absolute Gasteiger partial charge is 0.369 e. The molecule has 156 valence electrons. The Kier molecular flexibility index (Phi) is 5.55. The van der Waals surface area contributed by atoms with E-state index in [1.807, 2.05) is 47.0 Å². The monoisotopic (exact) mass is 477 g/mol. The highest BCUT2D eigenvalue weighted by Crippen LogP contribution is 2.41. The predicted molar refractivity (Wildman–Crippen MR) is 147 cm³/mol. The Morgan fingerprint density at radius 3 is 1.97 bits per heavy atom. The Morgan fingerprint density at radius 1 is 0.774 bits per heavy atom. The number of fused-ring (bicyclic) bond motifs is 2. The number of nitrogens with zero attached hydrogens (tertiary/aromatic N) is 1. The first-order valence-corrected chi connectivity index (χ1v) is 14.3. The van der Waals surface area contributed by atoms with Gasteiger partial charge < -0.3 is 4.90 Å². The lowest BCUT2D eigenvalue weighted by Crippen LogP contribution is -2.28. The van der Waals surface area contributed by atoms with Crippen molar-refractivity contribution in [2.45, 2.75) is 32.2 Å². The molecule has 0 aromatic heterocycles. The molecule has 3 aliphatic rings. The van der Waals surface area contributed by atoms with Crippen LogP contribution in [0.15, 0.2) is 64.1 Å². The van der Waals surface area contributed by atoms with E-state index in [0.29, 0.717) is 6.04 Å². The van der Waals surface area contributed by atoms with Crippen molar-refractivity contribution in [3.8, 4) is 0 Å². The summed E-state index contributed by atoms with van der Waals surface area (Å²) in [4.78, 5) is 2.64. The fourth-order valence-corrected chi connectivity index (χ4v) is 8.88. The highest BCUT2D eigenvalue weighted by Gasteiger charge is 2.24. The summed E-state index contributed by atoms with van der Waals surface area (Å²) in [5.74, 6) is 0.